The monoisotopic (exact) mass is 252 g/mol. The molecule has 2 rings (SSSR count). The summed E-state index contributed by atoms with van der Waals surface area (Å²) in [6.45, 7) is 4.96. The summed E-state index contributed by atoms with van der Waals surface area (Å²) in [7, 11) is 0. The number of amides is 1. The number of benzene rings is 1. The molecule has 0 aromatic heterocycles. The SMILES string of the molecule is Cc1ccc(NC(=O)C2NCCC2C)c(Cl)c1. The number of halogens is 1. The van der Waals surface area contributed by atoms with E-state index in [-0.39, 0.29) is 11.9 Å². The second kappa shape index (κ2) is 5.07. The quantitative estimate of drug-likeness (QED) is 0.850. The Morgan fingerprint density at radius 1 is 1.53 bits per heavy atom. The van der Waals surface area contributed by atoms with E-state index >= 15 is 0 Å². The Morgan fingerprint density at radius 2 is 2.29 bits per heavy atom. The molecule has 3 nitrogen and oxygen atoms in total. The third kappa shape index (κ3) is 2.79. The van der Waals surface area contributed by atoms with Gasteiger partial charge in [-0.15, -0.1) is 0 Å². The van der Waals surface area contributed by atoms with Crippen LogP contribution in [0.25, 0.3) is 0 Å². The Kier molecular flexibility index (Phi) is 3.69. The molecule has 1 aliphatic rings. The average molecular weight is 253 g/mol. The molecule has 1 aromatic carbocycles. The van der Waals surface area contributed by atoms with Crippen molar-refractivity contribution in [3.05, 3.63) is 28.8 Å². The molecule has 0 aliphatic carbocycles. The summed E-state index contributed by atoms with van der Waals surface area (Å²) >= 11 is 6.08. The Labute approximate surface area is 107 Å². The highest BCUT2D eigenvalue weighted by molar-refractivity contribution is 6.33. The van der Waals surface area contributed by atoms with E-state index in [1.807, 2.05) is 25.1 Å². The maximum Gasteiger partial charge on any atom is 0.241 e. The van der Waals surface area contributed by atoms with E-state index in [9.17, 15) is 4.79 Å². The first-order valence-electron chi connectivity index (χ1n) is 5.88. The van der Waals surface area contributed by atoms with Gasteiger partial charge >= 0.3 is 0 Å². The van der Waals surface area contributed by atoms with Gasteiger partial charge in [0.05, 0.1) is 16.8 Å². The van der Waals surface area contributed by atoms with Crippen molar-refractivity contribution in [3.63, 3.8) is 0 Å². The molecule has 0 radical (unpaired) electrons. The lowest BCUT2D eigenvalue weighted by Gasteiger charge is -2.16. The molecule has 0 bridgehead atoms. The number of carbonyl (C=O) groups excluding carboxylic acids is 1. The highest BCUT2D eigenvalue weighted by Gasteiger charge is 2.29. The molecule has 2 atom stereocenters. The van der Waals surface area contributed by atoms with E-state index in [1.165, 1.54) is 0 Å². The van der Waals surface area contributed by atoms with Gasteiger partial charge in [0.2, 0.25) is 5.91 Å². The predicted octanol–water partition coefficient (Wildman–Crippen LogP) is 2.58. The maximum atomic E-state index is 12.0. The molecule has 1 saturated heterocycles. The molecule has 2 unspecified atom stereocenters. The third-order valence-electron chi connectivity index (χ3n) is 3.20. The fraction of sp³-hybridized carbons (Fsp3) is 0.462. The average Bonchev–Trinajstić information content (AvgIpc) is 2.68. The highest BCUT2D eigenvalue weighted by Crippen LogP contribution is 2.24. The number of aryl methyl sites for hydroxylation is 1. The zero-order valence-electron chi connectivity index (χ0n) is 10.1. The zero-order valence-corrected chi connectivity index (χ0v) is 10.8. The molecule has 4 heteroatoms. The summed E-state index contributed by atoms with van der Waals surface area (Å²) < 4.78 is 0. The minimum Gasteiger partial charge on any atom is -0.323 e. The van der Waals surface area contributed by atoms with Crippen molar-refractivity contribution >= 4 is 23.2 Å². The minimum atomic E-state index is -0.104. The van der Waals surface area contributed by atoms with Crippen molar-refractivity contribution in [2.24, 2.45) is 5.92 Å². The lowest BCUT2D eigenvalue weighted by molar-refractivity contribution is -0.118. The molecular formula is C13H17ClN2O. The standard InChI is InChI=1S/C13H17ClN2O/c1-8-3-4-11(10(14)7-8)16-13(17)12-9(2)5-6-15-12/h3-4,7,9,12,15H,5-6H2,1-2H3,(H,16,17). The van der Waals surface area contributed by atoms with Gasteiger partial charge in [-0.2, -0.15) is 0 Å². The van der Waals surface area contributed by atoms with E-state index in [2.05, 4.69) is 17.6 Å². The lowest BCUT2D eigenvalue weighted by Crippen LogP contribution is -2.39. The van der Waals surface area contributed by atoms with Crippen LogP contribution >= 0.6 is 11.6 Å². The first-order chi connectivity index (χ1) is 8.08. The van der Waals surface area contributed by atoms with Crippen LogP contribution in [0.15, 0.2) is 18.2 Å². The summed E-state index contributed by atoms with van der Waals surface area (Å²) in [5, 5.41) is 6.67. The summed E-state index contributed by atoms with van der Waals surface area (Å²) in [6, 6.07) is 5.53. The van der Waals surface area contributed by atoms with E-state index in [1.54, 1.807) is 0 Å². The second-order valence-corrected chi connectivity index (χ2v) is 5.08. The molecule has 1 aromatic rings. The van der Waals surface area contributed by atoms with Crippen LogP contribution in [0.2, 0.25) is 5.02 Å². The van der Waals surface area contributed by atoms with Crippen molar-refractivity contribution in [1.29, 1.82) is 0 Å². The fourth-order valence-corrected chi connectivity index (χ4v) is 2.40. The van der Waals surface area contributed by atoms with Crippen molar-refractivity contribution in [2.45, 2.75) is 26.3 Å². The molecule has 17 heavy (non-hydrogen) atoms. The van der Waals surface area contributed by atoms with Crippen molar-refractivity contribution < 1.29 is 4.79 Å². The first-order valence-corrected chi connectivity index (χ1v) is 6.26. The molecule has 1 aliphatic heterocycles. The van der Waals surface area contributed by atoms with E-state index in [0.717, 1.165) is 18.5 Å². The van der Waals surface area contributed by atoms with Gasteiger partial charge in [0, 0.05) is 0 Å². The Morgan fingerprint density at radius 3 is 2.88 bits per heavy atom. The molecule has 1 fully saturated rings. The number of nitrogens with one attached hydrogen (secondary N) is 2. The van der Waals surface area contributed by atoms with Crippen LogP contribution in [0.4, 0.5) is 5.69 Å². The zero-order chi connectivity index (χ0) is 12.4. The maximum absolute atomic E-state index is 12.0. The molecule has 1 amide bonds. The lowest BCUT2D eigenvalue weighted by atomic mass is 10.0. The van der Waals surface area contributed by atoms with Crippen molar-refractivity contribution in [3.8, 4) is 0 Å². The van der Waals surface area contributed by atoms with E-state index < -0.39 is 0 Å². The Hall–Kier alpha value is -1.06. The third-order valence-corrected chi connectivity index (χ3v) is 3.51. The van der Waals surface area contributed by atoms with Crippen LogP contribution in [0.3, 0.4) is 0 Å². The predicted molar refractivity (Wildman–Crippen MR) is 70.4 cm³/mol. The van der Waals surface area contributed by atoms with Crippen LogP contribution in [0.1, 0.15) is 18.9 Å². The highest BCUT2D eigenvalue weighted by atomic mass is 35.5. The number of hydrogen-bond acceptors (Lipinski definition) is 2. The fourth-order valence-electron chi connectivity index (χ4n) is 2.12. The van der Waals surface area contributed by atoms with Gasteiger partial charge in [-0.05, 0) is 43.5 Å². The second-order valence-electron chi connectivity index (χ2n) is 4.67. The minimum absolute atomic E-state index is 0.000697. The smallest absolute Gasteiger partial charge is 0.241 e. The van der Waals surface area contributed by atoms with Crippen LogP contribution in [-0.4, -0.2) is 18.5 Å². The van der Waals surface area contributed by atoms with Gasteiger partial charge in [-0.25, -0.2) is 0 Å². The summed E-state index contributed by atoms with van der Waals surface area (Å²) in [4.78, 5) is 12.0. The van der Waals surface area contributed by atoms with Gasteiger partial charge in [0.25, 0.3) is 0 Å². The topological polar surface area (TPSA) is 41.1 Å². The van der Waals surface area contributed by atoms with Crippen LogP contribution in [-0.2, 0) is 4.79 Å². The van der Waals surface area contributed by atoms with Crippen LogP contribution in [0.5, 0.6) is 0 Å². The summed E-state index contributed by atoms with van der Waals surface area (Å²) in [5.74, 6) is 0.375. The van der Waals surface area contributed by atoms with Crippen LogP contribution in [0, 0.1) is 12.8 Å². The van der Waals surface area contributed by atoms with Gasteiger partial charge in [0.1, 0.15) is 0 Å². The number of hydrogen-bond donors (Lipinski definition) is 2. The molecule has 0 saturated carbocycles. The largest absolute Gasteiger partial charge is 0.323 e. The first kappa shape index (κ1) is 12.4. The Balaban J connectivity index is 2.07. The summed E-state index contributed by atoms with van der Waals surface area (Å²) in [5.41, 5.74) is 1.77. The van der Waals surface area contributed by atoms with Gasteiger partial charge in [0.15, 0.2) is 0 Å². The molecule has 1 heterocycles. The van der Waals surface area contributed by atoms with E-state index in [4.69, 9.17) is 11.6 Å². The molecule has 0 spiro atoms. The van der Waals surface area contributed by atoms with Gasteiger partial charge < -0.3 is 10.6 Å². The number of carbonyl (C=O) groups is 1. The number of rotatable bonds is 2. The summed E-state index contributed by atoms with van der Waals surface area (Å²) in [6.07, 6.45) is 1.04. The number of anilines is 1. The van der Waals surface area contributed by atoms with Crippen molar-refractivity contribution in [2.75, 3.05) is 11.9 Å². The van der Waals surface area contributed by atoms with Gasteiger partial charge in [-0.3, -0.25) is 4.79 Å². The molecular weight excluding hydrogens is 236 g/mol. The normalized spacial score (nSPS) is 23.7. The van der Waals surface area contributed by atoms with E-state index in [0.29, 0.717) is 16.6 Å². The van der Waals surface area contributed by atoms with Gasteiger partial charge in [-0.1, -0.05) is 24.6 Å². The molecule has 2 N–H and O–H groups in total. The molecule has 92 valence electrons. The Bertz CT molecular complexity index is 433. The van der Waals surface area contributed by atoms with Crippen LogP contribution < -0.4 is 10.6 Å². The van der Waals surface area contributed by atoms with Crippen molar-refractivity contribution in [1.82, 2.24) is 5.32 Å².